The molecule has 0 spiro atoms. The molecule has 0 bridgehead atoms. The fourth-order valence-electron chi connectivity index (χ4n) is 3.19. The smallest absolute Gasteiger partial charge is 0.183 e. The molecule has 0 amide bonds. The van der Waals surface area contributed by atoms with Gasteiger partial charge in [0.15, 0.2) is 17.5 Å². The third kappa shape index (κ3) is 2.95. The van der Waals surface area contributed by atoms with Gasteiger partial charge < -0.3 is 9.80 Å². The maximum Gasteiger partial charge on any atom is 0.183 e. The number of piperazine rings is 1. The maximum atomic E-state index is 13.9. The van der Waals surface area contributed by atoms with Crippen LogP contribution in [0.15, 0.2) is 31.0 Å². The van der Waals surface area contributed by atoms with Crippen LogP contribution < -0.4 is 9.80 Å². The molecular weight excluding hydrogens is 333 g/mol. The summed E-state index contributed by atoms with van der Waals surface area (Å²) < 4.78 is 15.8. The summed E-state index contributed by atoms with van der Waals surface area (Å²) in [5, 5.41) is 4.69. The summed E-state index contributed by atoms with van der Waals surface area (Å²) in [5.74, 6) is 0.898. The maximum absolute atomic E-state index is 13.9. The van der Waals surface area contributed by atoms with E-state index in [4.69, 9.17) is 0 Å². The van der Waals surface area contributed by atoms with Crippen LogP contribution in [0.4, 0.5) is 16.0 Å². The molecule has 3 aromatic heterocycles. The van der Waals surface area contributed by atoms with E-state index >= 15 is 0 Å². The van der Waals surface area contributed by atoms with Crippen molar-refractivity contribution in [1.29, 1.82) is 0 Å². The molecule has 8 heteroatoms. The number of aromatic nitrogens is 5. The van der Waals surface area contributed by atoms with Crippen molar-refractivity contribution < 1.29 is 4.39 Å². The van der Waals surface area contributed by atoms with Gasteiger partial charge in [-0.15, -0.1) is 0 Å². The Hall–Kier alpha value is -2.77. The fraction of sp³-hybridized carbons (Fsp3) is 0.444. The first-order chi connectivity index (χ1) is 12.4. The van der Waals surface area contributed by atoms with Crippen molar-refractivity contribution in [2.45, 2.75) is 26.2 Å². The van der Waals surface area contributed by atoms with Gasteiger partial charge >= 0.3 is 0 Å². The van der Waals surface area contributed by atoms with E-state index in [0.717, 1.165) is 30.1 Å². The van der Waals surface area contributed by atoms with Crippen molar-refractivity contribution in [2.24, 2.45) is 0 Å². The van der Waals surface area contributed by atoms with Crippen LogP contribution in [0.2, 0.25) is 0 Å². The predicted molar refractivity (Wildman–Crippen MR) is 98.1 cm³/mol. The lowest BCUT2D eigenvalue weighted by Crippen LogP contribution is -2.47. The molecule has 0 radical (unpaired) electrons. The molecule has 1 fully saturated rings. The summed E-state index contributed by atoms with van der Waals surface area (Å²) in [7, 11) is 0. The van der Waals surface area contributed by atoms with Crippen LogP contribution >= 0.6 is 0 Å². The summed E-state index contributed by atoms with van der Waals surface area (Å²) in [4.78, 5) is 16.5. The largest absolute Gasteiger partial charge is 0.351 e. The van der Waals surface area contributed by atoms with E-state index in [1.54, 1.807) is 6.20 Å². The average molecular weight is 355 g/mol. The first kappa shape index (κ1) is 16.7. The van der Waals surface area contributed by atoms with Gasteiger partial charge in [0, 0.05) is 44.0 Å². The van der Waals surface area contributed by atoms with Gasteiger partial charge in [-0.2, -0.15) is 5.10 Å². The van der Waals surface area contributed by atoms with Crippen LogP contribution in [0, 0.1) is 5.82 Å². The van der Waals surface area contributed by atoms with E-state index in [9.17, 15) is 4.39 Å². The minimum Gasteiger partial charge on any atom is -0.351 e. The molecule has 4 heterocycles. The Morgan fingerprint density at radius 2 is 1.69 bits per heavy atom. The normalized spacial score (nSPS) is 15.7. The zero-order valence-electron chi connectivity index (χ0n) is 15.2. The van der Waals surface area contributed by atoms with E-state index in [2.05, 4.69) is 51.8 Å². The van der Waals surface area contributed by atoms with Gasteiger partial charge in [-0.05, 0) is 6.07 Å². The van der Waals surface area contributed by atoms with E-state index in [-0.39, 0.29) is 11.2 Å². The van der Waals surface area contributed by atoms with E-state index in [0.29, 0.717) is 18.9 Å². The van der Waals surface area contributed by atoms with Crippen molar-refractivity contribution in [2.75, 3.05) is 36.0 Å². The second-order valence-corrected chi connectivity index (χ2v) is 7.53. The highest BCUT2D eigenvalue weighted by atomic mass is 19.1. The first-order valence-corrected chi connectivity index (χ1v) is 8.74. The van der Waals surface area contributed by atoms with Crippen LogP contribution in [0.1, 0.15) is 26.5 Å². The highest BCUT2D eigenvalue weighted by molar-refractivity contribution is 5.70. The lowest BCUT2D eigenvalue weighted by atomic mass is 9.92. The second kappa shape index (κ2) is 6.19. The number of rotatable bonds is 2. The van der Waals surface area contributed by atoms with E-state index in [1.807, 2.05) is 15.6 Å². The lowest BCUT2D eigenvalue weighted by Gasteiger charge is -2.36. The number of hydrogen-bond donors (Lipinski definition) is 0. The Balaban J connectivity index is 1.58. The van der Waals surface area contributed by atoms with Crippen molar-refractivity contribution in [3.63, 3.8) is 0 Å². The van der Waals surface area contributed by atoms with E-state index in [1.165, 1.54) is 12.5 Å². The lowest BCUT2D eigenvalue weighted by molar-refractivity contribution is 0.562. The third-order valence-corrected chi connectivity index (χ3v) is 4.66. The summed E-state index contributed by atoms with van der Waals surface area (Å²) >= 11 is 0. The summed E-state index contributed by atoms with van der Waals surface area (Å²) in [6.07, 6.45) is 6.24. The molecule has 136 valence electrons. The van der Waals surface area contributed by atoms with Crippen LogP contribution in [-0.4, -0.2) is 50.7 Å². The van der Waals surface area contributed by atoms with Crippen LogP contribution in [0.5, 0.6) is 0 Å². The molecule has 0 atom stereocenters. The number of fused-ring (bicyclic) bond motifs is 1. The molecule has 0 unspecified atom stereocenters. The number of hydrogen-bond acceptors (Lipinski definition) is 6. The van der Waals surface area contributed by atoms with Crippen molar-refractivity contribution >= 4 is 17.2 Å². The molecule has 0 aromatic carbocycles. The van der Waals surface area contributed by atoms with Gasteiger partial charge in [-0.3, -0.25) is 0 Å². The van der Waals surface area contributed by atoms with Gasteiger partial charge in [0.1, 0.15) is 11.8 Å². The van der Waals surface area contributed by atoms with Crippen molar-refractivity contribution in [3.05, 3.63) is 42.5 Å². The summed E-state index contributed by atoms with van der Waals surface area (Å²) in [6.45, 7) is 9.29. The Kier molecular flexibility index (Phi) is 3.97. The molecular formula is C18H22FN7. The molecule has 26 heavy (non-hydrogen) atoms. The minimum absolute atomic E-state index is 0.0213. The number of nitrogens with zero attached hydrogens (tertiary/aromatic N) is 7. The SMILES string of the molecule is CC(C)(C)c1cc2c(N3CCN(c4ncncc4F)CC3)nccn2n1. The Morgan fingerprint density at radius 1 is 1.00 bits per heavy atom. The summed E-state index contributed by atoms with van der Waals surface area (Å²) in [5.41, 5.74) is 2.01. The Labute approximate surface area is 151 Å². The van der Waals surface area contributed by atoms with Gasteiger partial charge in [-0.1, -0.05) is 20.8 Å². The molecule has 0 N–H and O–H groups in total. The Morgan fingerprint density at radius 3 is 2.35 bits per heavy atom. The van der Waals surface area contributed by atoms with Crippen molar-refractivity contribution in [3.8, 4) is 0 Å². The second-order valence-electron chi connectivity index (χ2n) is 7.53. The minimum atomic E-state index is -0.383. The zero-order chi connectivity index (χ0) is 18.3. The first-order valence-electron chi connectivity index (χ1n) is 8.74. The molecule has 0 saturated carbocycles. The van der Waals surface area contributed by atoms with Gasteiger partial charge in [0.2, 0.25) is 0 Å². The molecule has 1 aliphatic heterocycles. The monoisotopic (exact) mass is 355 g/mol. The quantitative estimate of drug-likeness (QED) is 0.703. The van der Waals surface area contributed by atoms with E-state index < -0.39 is 0 Å². The molecule has 0 aliphatic carbocycles. The van der Waals surface area contributed by atoms with Gasteiger partial charge in [-0.25, -0.2) is 23.9 Å². The highest BCUT2D eigenvalue weighted by Crippen LogP contribution is 2.27. The average Bonchev–Trinajstić information content (AvgIpc) is 3.07. The number of halogens is 1. The van der Waals surface area contributed by atoms with Gasteiger partial charge in [0.25, 0.3) is 0 Å². The fourth-order valence-corrected chi connectivity index (χ4v) is 3.19. The predicted octanol–water partition coefficient (Wildman–Crippen LogP) is 2.28. The molecule has 4 rings (SSSR count). The van der Waals surface area contributed by atoms with Crippen LogP contribution in [0.25, 0.3) is 5.52 Å². The molecule has 1 aliphatic rings. The molecule has 7 nitrogen and oxygen atoms in total. The highest BCUT2D eigenvalue weighted by Gasteiger charge is 2.24. The molecule has 3 aromatic rings. The standard InChI is InChI=1S/C18H22FN7/c1-18(2,3)15-10-14-17(21-4-5-26(14)23-15)25-8-6-24(7-9-25)16-13(19)11-20-12-22-16/h4-5,10-12H,6-9H2,1-3H3. The zero-order valence-corrected chi connectivity index (χ0v) is 15.2. The Bertz CT molecular complexity index is 923. The summed E-state index contributed by atoms with van der Waals surface area (Å²) in [6, 6.07) is 2.11. The van der Waals surface area contributed by atoms with Crippen LogP contribution in [-0.2, 0) is 5.41 Å². The van der Waals surface area contributed by atoms with Gasteiger partial charge in [0.05, 0.1) is 11.9 Å². The van der Waals surface area contributed by atoms with Crippen molar-refractivity contribution in [1.82, 2.24) is 24.6 Å². The number of anilines is 2. The van der Waals surface area contributed by atoms with Crippen LogP contribution in [0.3, 0.4) is 0 Å². The third-order valence-electron chi connectivity index (χ3n) is 4.66. The topological polar surface area (TPSA) is 62.5 Å². The molecule has 1 saturated heterocycles.